The monoisotopic (exact) mass is 340 g/mol. The van der Waals surface area contributed by atoms with Crippen molar-refractivity contribution < 1.29 is 9.21 Å². The lowest BCUT2D eigenvalue weighted by Gasteiger charge is -2.04. The van der Waals surface area contributed by atoms with E-state index in [0.717, 1.165) is 15.2 Å². The number of fused-ring (bicyclic) bond motifs is 2. The molecule has 24 heavy (non-hydrogen) atoms. The van der Waals surface area contributed by atoms with Crippen molar-refractivity contribution in [3.05, 3.63) is 51.2 Å². The summed E-state index contributed by atoms with van der Waals surface area (Å²) in [6.07, 6.45) is 1.25. The molecule has 0 aliphatic carbocycles. The van der Waals surface area contributed by atoms with Crippen molar-refractivity contribution in [3.8, 4) is 0 Å². The Morgan fingerprint density at radius 2 is 2.17 bits per heavy atom. The first-order chi connectivity index (χ1) is 11.5. The molecule has 0 fully saturated rings. The van der Waals surface area contributed by atoms with Gasteiger partial charge in [-0.2, -0.15) is 0 Å². The van der Waals surface area contributed by atoms with Crippen LogP contribution in [0.4, 0.5) is 5.69 Å². The summed E-state index contributed by atoms with van der Waals surface area (Å²) in [6, 6.07) is 5.49. The summed E-state index contributed by atoms with van der Waals surface area (Å²) in [5.41, 5.74) is 1.46. The molecule has 7 nitrogen and oxygen atoms in total. The first-order valence-corrected chi connectivity index (χ1v) is 8.00. The number of furan rings is 1. The SMILES string of the molecule is Cc1nc2ccc(NC(=O)c3c(C)oc4nc[nH]c(=O)c34)cc2s1. The third kappa shape index (κ3) is 2.28. The number of aromatic nitrogens is 3. The third-order valence-electron chi connectivity index (χ3n) is 3.65. The molecule has 2 N–H and O–H groups in total. The van der Waals surface area contributed by atoms with E-state index in [4.69, 9.17) is 4.42 Å². The standard InChI is InChI=1S/C16H12N4O3S/c1-7-12(13-14(21)17-6-18-16(13)23-7)15(22)20-9-3-4-10-11(5-9)24-8(2)19-10/h3-6H,1-2H3,(H,20,22)(H,17,18,21). The van der Waals surface area contributed by atoms with Crippen molar-refractivity contribution in [2.45, 2.75) is 13.8 Å². The number of hydrogen-bond donors (Lipinski definition) is 2. The zero-order valence-corrected chi connectivity index (χ0v) is 13.7. The number of benzene rings is 1. The molecule has 1 amide bonds. The Morgan fingerprint density at radius 1 is 1.33 bits per heavy atom. The lowest BCUT2D eigenvalue weighted by atomic mass is 10.1. The highest BCUT2D eigenvalue weighted by Crippen LogP contribution is 2.26. The molecule has 3 aromatic heterocycles. The number of carbonyl (C=O) groups excluding carboxylic acids is 1. The van der Waals surface area contributed by atoms with Crippen molar-refractivity contribution in [2.24, 2.45) is 0 Å². The van der Waals surface area contributed by atoms with Crippen molar-refractivity contribution in [2.75, 3.05) is 5.32 Å². The molecule has 8 heteroatoms. The van der Waals surface area contributed by atoms with Crippen molar-refractivity contribution in [3.63, 3.8) is 0 Å². The molecule has 0 aliphatic rings. The van der Waals surface area contributed by atoms with Crippen LogP contribution in [0.15, 0.2) is 33.7 Å². The quantitative estimate of drug-likeness (QED) is 0.584. The first-order valence-electron chi connectivity index (χ1n) is 7.18. The van der Waals surface area contributed by atoms with Gasteiger partial charge in [0.05, 0.1) is 27.1 Å². The summed E-state index contributed by atoms with van der Waals surface area (Å²) < 4.78 is 6.40. The minimum atomic E-state index is -0.412. The molecule has 4 aromatic rings. The van der Waals surface area contributed by atoms with Crippen molar-refractivity contribution in [1.29, 1.82) is 0 Å². The number of rotatable bonds is 2. The van der Waals surface area contributed by atoms with Gasteiger partial charge in [-0.3, -0.25) is 9.59 Å². The number of aromatic amines is 1. The fraction of sp³-hybridized carbons (Fsp3) is 0.125. The Morgan fingerprint density at radius 3 is 3.00 bits per heavy atom. The predicted molar refractivity (Wildman–Crippen MR) is 91.7 cm³/mol. The van der Waals surface area contributed by atoms with E-state index in [-0.39, 0.29) is 16.7 Å². The van der Waals surface area contributed by atoms with E-state index >= 15 is 0 Å². The van der Waals surface area contributed by atoms with Gasteiger partial charge in [-0.15, -0.1) is 11.3 Å². The van der Waals surface area contributed by atoms with Gasteiger partial charge in [-0.05, 0) is 32.0 Å². The third-order valence-corrected chi connectivity index (χ3v) is 4.58. The lowest BCUT2D eigenvalue weighted by molar-refractivity contribution is 0.102. The lowest BCUT2D eigenvalue weighted by Crippen LogP contribution is -2.16. The highest BCUT2D eigenvalue weighted by molar-refractivity contribution is 7.18. The van der Waals surface area contributed by atoms with Crippen LogP contribution in [0.25, 0.3) is 21.3 Å². The smallest absolute Gasteiger partial charge is 0.262 e. The minimum absolute atomic E-state index is 0.148. The van der Waals surface area contributed by atoms with Gasteiger partial charge in [0.15, 0.2) is 0 Å². The number of aryl methyl sites for hydroxylation is 2. The van der Waals surface area contributed by atoms with E-state index in [9.17, 15) is 9.59 Å². The van der Waals surface area contributed by atoms with Gasteiger partial charge in [-0.25, -0.2) is 9.97 Å². The van der Waals surface area contributed by atoms with Gasteiger partial charge in [0.1, 0.15) is 11.1 Å². The molecule has 0 bridgehead atoms. The fourth-order valence-electron chi connectivity index (χ4n) is 2.64. The van der Waals surface area contributed by atoms with Gasteiger partial charge >= 0.3 is 0 Å². The van der Waals surface area contributed by atoms with Gasteiger partial charge in [0.25, 0.3) is 11.5 Å². The average molecular weight is 340 g/mol. The predicted octanol–water partition coefficient (Wildman–Crippen LogP) is 2.99. The number of hydrogen-bond acceptors (Lipinski definition) is 6. The Balaban J connectivity index is 1.76. The molecule has 4 rings (SSSR count). The fourth-order valence-corrected chi connectivity index (χ4v) is 3.50. The second-order valence-electron chi connectivity index (χ2n) is 5.31. The molecule has 0 radical (unpaired) electrons. The molecule has 0 saturated heterocycles. The molecule has 0 spiro atoms. The van der Waals surface area contributed by atoms with Crippen LogP contribution in [-0.2, 0) is 0 Å². The van der Waals surface area contributed by atoms with E-state index in [1.807, 2.05) is 19.1 Å². The molecule has 0 aliphatic heterocycles. The maximum absolute atomic E-state index is 12.6. The molecule has 120 valence electrons. The Kier molecular flexibility index (Phi) is 3.20. The Hall–Kier alpha value is -3.00. The van der Waals surface area contributed by atoms with Gasteiger partial charge < -0.3 is 14.7 Å². The van der Waals surface area contributed by atoms with Gasteiger partial charge in [-0.1, -0.05) is 0 Å². The second-order valence-corrected chi connectivity index (χ2v) is 6.55. The summed E-state index contributed by atoms with van der Waals surface area (Å²) in [6.45, 7) is 3.56. The van der Waals surface area contributed by atoms with Crippen LogP contribution in [0.5, 0.6) is 0 Å². The summed E-state index contributed by atoms with van der Waals surface area (Å²) in [4.78, 5) is 35.4. The second kappa shape index (κ2) is 5.27. The van der Waals surface area contributed by atoms with Gasteiger partial charge in [0.2, 0.25) is 5.71 Å². The van der Waals surface area contributed by atoms with Crippen LogP contribution in [-0.4, -0.2) is 20.9 Å². The van der Waals surface area contributed by atoms with Gasteiger partial charge in [0, 0.05) is 5.69 Å². The van der Waals surface area contributed by atoms with Crippen LogP contribution in [0.3, 0.4) is 0 Å². The molecule has 0 saturated carbocycles. The minimum Gasteiger partial charge on any atom is -0.442 e. The number of nitrogens with zero attached hydrogens (tertiary/aromatic N) is 2. The average Bonchev–Trinajstić information content (AvgIpc) is 3.06. The van der Waals surface area contributed by atoms with E-state index in [2.05, 4.69) is 20.3 Å². The summed E-state index contributed by atoms with van der Waals surface area (Å²) in [5.74, 6) is -0.0632. The van der Waals surface area contributed by atoms with Crippen molar-refractivity contribution >= 4 is 44.2 Å². The normalized spacial score (nSPS) is 11.2. The first kappa shape index (κ1) is 14.6. The Labute approximate surface area is 139 Å². The maximum atomic E-state index is 12.6. The van der Waals surface area contributed by atoms with E-state index in [1.165, 1.54) is 6.33 Å². The highest BCUT2D eigenvalue weighted by atomic mass is 32.1. The maximum Gasteiger partial charge on any atom is 0.262 e. The van der Waals surface area contributed by atoms with Crippen LogP contribution in [0, 0.1) is 13.8 Å². The molecule has 0 unspecified atom stereocenters. The molecule has 3 heterocycles. The van der Waals surface area contributed by atoms with E-state index in [1.54, 1.807) is 24.3 Å². The van der Waals surface area contributed by atoms with E-state index < -0.39 is 11.5 Å². The molecular weight excluding hydrogens is 328 g/mol. The van der Waals surface area contributed by atoms with Crippen LogP contribution < -0.4 is 10.9 Å². The van der Waals surface area contributed by atoms with Crippen LogP contribution in [0.1, 0.15) is 21.1 Å². The van der Waals surface area contributed by atoms with Crippen LogP contribution in [0.2, 0.25) is 0 Å². The molecule has 0 atom stereocenters. The zero-order chi connectivity index (χ0) is 16.8. The zero-order valence-electron chi connectivity index (χ0n) is 12.8. The largest absolute Gasteiger partial charge is 0.442 e. The van der Waals surface area contributed by atoms with Crippen LogP contribution >= 0.6 is 11.3 Å². The number of nitrogens with one attached hydrogen (secondary N) is 2. The number of carbonyl (C=O) groups is 1. The summed E-state index contributed by atoms with van der Waals surface area (Å²) in [5, 5.41) is 3.92. The summed E-state index contributed by atoms with van der Waals surface area (Å²) in [7, 11) is 0. The van der Waals surface area contributed by atoms with E-state index in [0.29, 0.717) is 11.4 Å². The number of anilines is 1. The number of amides is 1. The Bertz CT molecular complexity index is 1160. The molecule has 1 aromatic carbocycles. The molecular formula is C16H12N4O3S. The summed E-state index contributed by atoms with van der Waals surface area (Å²) >= 11 is 1.55. The number of thiazole rings is 1. The number of H-pyrrole nitrogens is 1. The highest BCUT2D eigenvalue weighted by Gasteiger charge is 2.21. The topological polar surface area (TPSA) is 101 Å². The van der Waals surface area contributed by atoms with Crippen molar-refractivity contribution in [1.82, 2.24) is 15.0 Å².